The van der Waals surface area contributed by atoms with E-state index in [4.69, 9.17) is 14.2 Å². The molecule has 0 N–H and O–H groups in total. The van der Waals surface area contributed by atoms with Crippen LogP contribution in [0.25, 0.3) is 11.6 Å². The molecule has 0 bridgehead atoms. The molecule has 0 unspecified atom stereocenters. The van der Waals surface area contributed by atoms with Gasteiger partial charge < -0.3 is 23.8 Å². The van der Waals surface area contributed by atoms with Crippen LogP contribution in [-0.2, 0) is 20.7 Å². The molecule has 7 heteroatoms. The molecule has 5 rings (SSSR count). The summed E-state index contributed by atoms with van der Waals surface area (Å²) in [5, 5.41) is 0. The highest BCUT2D eigenvalue weighted by molar-refractivity contribution is 5.82. The van der Waals surface area contributed by atoms with Gasteiger partial charge in [-0.15, -0.1) is 0 Å². The van der Waals surface area contributed by atoms with E-state index in [0.29, 0.717) is 5.75 Å². The van der Waals surface area contributed by atoms with Crippen molar-refractivity contribution in [1.29, 1.82) is 0 Å². The number of carbonyl (C=O) groups is 2. The highest BCUT2D eigenvalue weighted by atomic mass is 16.8. The quantitative estimate of drug-likeness (QED) is 0.0582. The molecule has 0 amide bonds. The Morgan fingerprint density at radius 1 is 0.667 bits per heavy atom. The maximum Gasteiger partial charge on any atom is 0.516 e. The largest absolute Gasteiger partial charge is 0.516 e. The molecule has 0 saturated heterocycles. The van der Waals surface area contributed by atoms with E-state index in [2.05, 4.69) is 95.4 Å². The number of aryl methyl sites for hydroxylation is 1. The molecule has 7 nitrogen and oxygen atoms in total. The minimum absolute atomic E-state index is 0.294. The third-order valence-corrected chi connectivity index (χ3v) is 7.53. The normalized spacial score (nSPS) is 11.2. The fraction of sp³-hybridized carbons (Fsp3) is 0.122. The lowest BCUT2D eigenvalue weighted by Crippen LogP contribution is -2.14. The Morgan fingerprint density at radius 3 is 1.79 bits per heavy atom. The predicted molar refractivity (Wildman–Crippen MR) is 190 cm³/mol. The summed E-state index contributed by atoms with van der Waals surface area (Å²) in [5.74, 6) is 0.497. The highest BCUT2D eigenvalue weighted by Gasteiger charge is 2.12. The molecule has 0 saturated carbocycles. The second-order valence-corrected chi connectivity index (χ2v) is 10.7. The highest BCUT2D eigenvalue weighted by Crippen LogP contribution is 2.35. The third-order valence-electron chi connectivity index (χ3n) is 7.53. The Hall–Kier alpha value is -6.08. The molecule has 0 aliphatic carbocycles. The van der Waals surface area contributed by atoms with Crippen molar-refractivity contribution in [2.45, 2.75) is 20.3 Å². The first-order valence-electron chi connectivity index (χ1n) is 15.6. The van der Waals surface area contributed by atoms with Gasteiger partial charge in [-0.1, -0.05) is 91.9 Å². The van der Waals surface area contributed by atoms with Gasteiger partial charge in [0.1, 0.15) is 11.5 Å². The summed E-state index contributed by atoms with van der Waals surface area (Å²) in [6, 6.07) is 42.4. The van der Waals surface area contributed by atoms with Crippen LogP contribution < -0.4 is 14.4 Å². The minimum atomic E-state index is -0.967. The number of methoxy groups -OCH3 is 1. The van der Waals surface area contributed by atoms with E-state index in [-0.39, 0.29) is 0 Å². The van der Waals surface area contributed by atoms with Crippen molar-refractivity contribution in [1.82, 2.24) is 0 Å². The molecule has 5 aromatic carbocycles. The second kappa shape index (κ2) is 16.5. The van der Waals surface area contributed by atoms with E-state index < -0.39 is 18.9 Å². The van der Waals surface area contributed by atoms with Gasteiger partial charge in [-0.3, -0.25) is 4.79 Å². The van der Waals surface area contributed by atoms with Crippen molar-refractivity contribution in [3.05, 3.63) is 162 Å². The van der Waals surface area contributed by atoms with Gasteiger partial charge in [0.2, 0.25) is 6.79 Å². The molecule has 48 heavy (non-hydrogen) atoms. The number of carbonyl (C=O) groups excluding carboxylic acids is 2. The van der Waals surface area contributed by atoms with E-state index in [1.165, 1.54) is 12.5 Å². The Bertz CT molecular complexity index is 1840. The Kier molecular flexibility index (Phi) is 11.4. The van der Waals surface area contributed by atoms with Gasteiger partial charge in [0.15, 0.2) is 0 Å². The van der Waals surface area contributed by atoms with Gasteiger partial charge in [0.05, 0.1) is 7.11 Å². The Labute approximate surface area is 281 Å². The molecule has 0 spiro atoms. The molecule has 0 aromatic heterocycles. The van der Waals surface area contributed by atoms with E-state index >= 15 is 0 Å². The van der Waals surface area contributed by atoms with Gasteiger partial charge in [0, 0.05) is 24.0 Å². The molecule has 0 heterocycles. The van der Waals surface area contributed by atoms with Crippen LogP contribution in [0.15, 0.2) is 140 Å². The maximum atomic E-state index is 11.9. The van der Waals surface area contributed by atoms with Crippen molar-refractivity contribution < 1.29 is 28.5 Å². The van der Waals surface area contributed by atoms with Crippen LogP contribution in [-0.4, -0.2) is 26.0 Å². The zero-order chi connectivity index (χ0) is 33.7. The smallest absolute Gasteiger partial charge is 0.497 e. The fourth-order valence-corrected chi connectivity index (χ4v) is 5.01. The molecule has 0 aliphatic rings. The van der Waals surface area contributed by atoms with Crippen molar-refractivity contribution in [3.8, 4) is 11.5 Å². The van der Waals surface area contributed by atoms with Crippen LogP contribution in [0.3, 0.4) is 0 Å². The maximum absolute atomic E-state index is 11.9. The zero-order valence-electron chi connectivity index (χ0n) is 27.2. The zero-order valence-corrected chi connectivity index (χ0v) is 27.2. The molecular formula is C41H37NO6. The van der Waals surface area contributed by atoms with Crippen LogP contribution in [0.4, 0.5) is 21.9 Å². The summed E-state index contributed by atoms with van der Waals surface area (Å²) in [6.07, 6.45) is 6.16. The number of esters is 1. The Balaban J connectivity index is 1.37. The molecule has 242 valence electrons. The minimum Gasteiger partial charge on any atom is -0.497 e. The molecule has 0 radical (unpaired) electrons. The van der Waals surface area contributed by atoms with E-state index in [0.717, 1.165) is 51.5 Å². The Morgan fingerprint density at radius 2 is 1.23 bits per heavy atom. The fourth-order valence-electron chi connectivity index (χ4n) is 5.01. The van der Waals surface area contributed by atoms with Crippen molar-refractivity contribution >= 4 is 40.8 Å². The molecule has 5 aromatic rings. The first-order chi connectivity index (χ1) is 23.4. The van der Waals surface area contributed by atoms with Gasteiger partial charge in [-0.25, -0.2) is 4.79 Å². The number of nitrogens with zero attached hydrogens (tertiary/aromatic N) is 1. The number of allylic oxidation sites excluding steroid dienone is 2. The number of benzene rings is 5. The topological polar surface area (TPSA) is 74.3 Å². The van der Waals surface area contributed by atoms with Gasteiger partial charge >= 0.3 is 12.1 Å². The molecule has 0 fully saturated rings. The van der Waals surface area contributed by atoms with Crippen molar-refractivity contribution in [2.75, 3.05) is 18.8 Å². The van der Waals surface area contributed by atoms with Gasteiger partial charge in [-0.05, 0) is 94.9 Å². The number of ether oxygens (including phenoxy) is 4. The summed E-state index contributed by atoms with van der Waals surface area (Å²) in [4.78, 5) is 25.1. The summed E-state index contributed by atoms with van der Waals surface area (Å²) >= 11 is 0. The first-order valence-corrected chi connectivity index (χ1v) is 15.6. The number of anilines is 3. The van der Waals surface area contributed by atoms with Crippen LogP contribution in [0.5, 0.6) is 11.5 Å². The molecule has 0 atom stereocenters. The van der Waals surface area contributed by atoms with Crippen LogP contribution >= 0.6 is 0 Å². The van der Waals surface area contributed by atoms with Crippen LogP contribution in [0.2, 0.25) is 0 Å². The third kappa shape index (κ3) is 9.01. The lowest BCUT2D eigenvalue weighted by atomic mass is 9.97. The van der Waals surface area contributed by atoms with Gasteiger partial charge in [0.25, 0.3) is 0 Å². The SMILES string of the molecule is CCc1ccc(N(c2ccccc2)c2ccc(C=CC=C(c3ccc(OC)cc3)c3ccc(OC(=O)OCOC(C)=O)cc3)cc2)cc1. The van der Waals surface area contributed by atoms with Crippen molar-refractivity contribution in [3.63, 3.8) is 0 Å². The van der Waals surface area contributed by atoms with Crippen LogP contribution in [0, 0.1) is 0 Å². The predicted octanol–water partition coefficient (Wildman–Crippen LogP) is 9.91. The number of hydrogen-bond acceptors (Lipinski definition) is 7. The summed E-state index contributed by atoms with van der Waals surface area (Å²) in [7, 11) is 1.64. The number of para-hydroxylation sites is 1. The van der Waals surface area contributed by atoms with E-state index in [1.807, 2.05) is 54.6 Å². The lowest BCUT2D eigenvalue weighted by molar-refractivity contribution is -0.149. The van der Waals surface area contributed by atoms with Crippen LogP contribution in [0.1, 0.15) is 36.1 Å². The first kappa shape index (κ1) is 33.3. The summed E-state index contributed by atoms with van der Waals surface area (Å²) in [6.45, 7) is 2.87. The monoisotopic (exact) mass is 639 g/mol. The average molecular weight is 640 g/mol. The van der Waals surface area contributed by atoms with E-state index in [9.17, 15) is 9.59 Å². The number of hydrogen-bond donors (Lipinski definition) is 0. The van der Waals surface area contributed by atoms with Gasteiger partial charge in [-0.2, -0.15) is 0 Å². The lowest BCUT2D eigenvalue weighted by Gasteiger charge is -2.25. The average Bonchev–Trinajstić information content (AvgIpc) is 3.12. The second-order valence-electron chi connectivity index (χ2n) is 10.7. The molecular weight excluding hydrogens is 602 g/mol. The standard InChI is InChI=1S/C41H37NO6/c1-4-31-13-21-36(22-14-31)42(35-10-6-5-7-11-35)37-23-15-32(16-24-37)9-8-12-40(33-17-25-38(45-3)26-18-33)34-19-27-39(28-20-34)48-41(44)47-29-46-30(2)43/h5-28H,4,29H2,1-3H3. The summed E-state index contributed by atoms with van der Waals surface area (Å²) < 4.78 is 19.9. The number of rotatable bonds is 12. The van der Waals surface area contributed by atoms with Crippen molar-refractivity contribution in [2.24, 2.45) is 0 Å². The van der Waals surface area contributed by atoms with E-state index in [1.54, 1.807) is 19.2 Å². The molecule has 0 aliphatic heterocycles. The summed E-state index contributed by atoms with van der Waals surface area (Å²) in [5.41, 5.74) is 8.46.